The Morgan fingerprint density at radius 3 is 3.00 bits per heavy atom. The summed E-state index contributed by atoms with van der Waals surface area (Å²) in [6.45, 7) is 1.75. The van der Waals surface area contributed by atoms with Crippen molar-refractivity contribution in [2.24, 2.45) is 0 Å². The summed E-state index contributed by atoms with van der Waals surface area (Å²) in [5.74, 6) is -1.06. The molecule has 1 N–H and O–H groups in total. The van der Waals surface area contributed by atoms with Gasteiger partial charge in [-0.1, -0.05) is 0 Å². The molecule has 0 aromatic carbocycles. The number of allylic oxidation sites excluding steroid dienone is 1. The van der Waals surface area contributed by atoms with Crippen LogP contribution in [0.1, 0.15) is 19.8 Å². The molecule has 13 heavy (non-hydrogen) atoms. The molecule has 5 heteroatoms. The number of carbonyl (C=O) groups excluding carboxylic acids is 1. The number of amides is 1. The second kappa shape index (κ2) is 2.77. The molecule has 0 radical (unpaired) electrons. The van der Waals surface area contributed by atoms with Gasteiger partial charge in [0, 0.05) is 11.3 Å². The maximum Gasteiger partial charge on any atom is 0.353 e. The van der Waals surface area contributed by atoms with Crippen molar-refractivity contribution in [3.05, 3.63) is 10.6 Å². The van der Waals surface area contributed by atoms with Crippen molar-refractivity contribution in [1.29, 1.82) is 0 Å². The molecule has 0 aromatic rings. The van der Waals surface area contributed by atoms with E-state index < -0.39 is 5.97 Å². The smallest absolute Gasteiger partial charge is 0.353 e. The number of rotatable bonds is 1. The van der Waals surface area contributed by atoms with Crippen LogP contribution in [0.4, 0.5) is 0 Å². The van der Waals surface area contributed by atoms with Gasteiger partial charge in [0.2, 0.25) is 5.91 Å². The normalized spacial score (nSPS) is 27.0. The average Bonchev–Trinajstić information content (AvgIpc) is 2.51. The topological polar surface area (TPSA) is 57.6 Å². The first-order chi connectivity index (χ1) is 6.11. The number of carboxylic acids is 1. The van der Waals surface area contributed by atoms with Gasteiger partial charge in [0.15, 0.2) is 0 Å². The molecule has 1 fully saturated rings. The van der Waals surface area contributed by atoms with Crippen molar-refractivity contribution < 1.29 is 14.7 Å². The largest absolute Gasteiger partial charge is 0.477 e. The highest BCUT2D eigenvalue weighted by Gasteiger charge is 2.42. The van der Waals surface area contributed by atoms with Crippen molar-refractivity contribution in [3.8, 4) is 0 Å². The Hall–Kier alpha value is -0.970. The molecule has 0 aromatic heterocycles. The molecule has 0 saturated carbocycles. The molecular formula is C8H9NO3S. The average molecular weight is 199 g/mol. The lowest BCUT2D eigenvalue weighted by Crippen LogP contribution is -2.30. The Labute approximate surface area is 79.6 Å². The van der Waals surface area contributed by atoms with Crippen LogP contribution in [-0.2, 0) is 9.59 Å². The van der Waals surface area contributed by atoms with E-state index in [1.165, 1.54) is 16.7 Å². The highest BCUT2D eigenvalue weighted by atomic mass is 32.2. The fourth-order valence-electron chi connectivity index (χ4n) is 1.72. The predicted molar refractivity (Wildman–Crippen MR) is 47.8 cm³/mol. The molecule has 2 heterocycles. The number of carbonyl (C=O) groups is 2. The zero-order chi connectivity index (χ0) is 9.59. The maximum absolute atomic E-state index is 11.3. The van der Waals surface area contributed by atoms with Crippen molar-refractivity contribution in [2.45, 2.75) is 25.1 Å². The molecule has 0 aliphatic carbocycles. The zero-order valence-electron chi connectivity index (χ0n) is 7.11. The zero-order valence-corrected chi connectivity index (χ0v) is 7.93. The third-order valence-corrected chi connectivity index (χ3v) is 3.52. The van der Waals surface area contributed by atoms with Gasteiger partial charge in [0.05, 0.1) is 5.37 Å². The summed E-state index contributed by atoms with van der Waals surface area (Å²) in [5, 5.41) is 8.92. The van der Waals surface area contributed by atoms with Crippen molar-refractivity contribution in [1.82, 2.24) is 4.90 Å². The van der Waals surface area contributed by atoms with Crippen LogP contribution in [-0.4, -0.2) is 27.3 Å². The molecule has 1 atom stereocenters. The quantitative estimate of drug-likeness (QED) is 0.684. The van der Waals surface area contributed by atoms with E-state index in [9.17, 15) is 9.59 Å². The van der Waals surface area contributed by atoms with Gasteiger partial charge in [-0.05, 0) is 13.3 Å². The van der Waals surface area contributed by atoms with Crippen LogP contribution in [0.3, 0.4) is 0 Å². The molecular weight excluding hydrogens is 190 g/mol. The van der Waals surface area contributed by atoms with Gasteiger partial charge in [0.1, 0.15) is 5.70 Å². The van der Waals surface area contributed by atoms with E-state index in [0.29, 0.717) is 6.42 Å². The van der Waals surface area contributed by atoms with E-state index in [1.54, 1.807) is 6.92 Å². The summed E-state index contributed by atoms with van der Waals surface area (Å²) in [6.07, 6.45) is 1.24. The number of nitrogens with zero attached hydrogens (tertiary/aromatic N) is 1. The third kappa shape index (κ3) is 1.14. The van der Waals surface area contributed by atoms with Crippen LogP contribution in [0.25, 0.3) is 0 Å². The van der Waals surface area contributed by atoms with Crippen LogP contribution in [0.15, 0.2) is 10.6 Å². The first kappa shape index (κ1) is 8.62. The fraction of sp³-hybridized carbons (Fsp3) is 0.500. The summed E-state index contributed by atoms with van der Waals surface area (Å²) in [4.78, 5) is 24.3. The Morgan fingerprint density at radius 1 is 1.69 bits per heavy atom. The Bertz CT molecular complexity index is 323. The van der Waals surface area contributed by atoms with Crippen LogP contribution in [0.5, 0.6) is 0 Å². The minimum Gasteiger partial charge on any atom is -0.477 e. The van der Waals surface area contributed by atoms with Gasteiger partial charge in [-0.15, -0.1) is 11.8 Å². The molecule has 70 valence electrons. The molecule has 4 nitrogen and oxygen atoms in total. The van der Waals surface area contributed by atoms with E-state index in [2.05, 4.69) is 0 Å². The van der Waals surface area contributed by atoms with Crippen molar-refractivity contribution in [3.63, 3.8) is 0 Å². The summed E-state index contributed by atoms with van der Waals surface area (Å²) in [6, 6.07) is 0. The number of fused-ring (bicyclic) bond motifs is 1. The Kier molecular flexibility index (Phi) is 1.83. The van der Waals surface area contributed by atoms with Crippen molar-refractivity contribution >= 4 is 23.6 Å². The SMILES string of the molecule is CC1=C(C(=O)O)N2C(=O)CCC2S1. The summed E-state index contributed by atoms with van der Waals surface area (Å²) in [7, 11) is 0. The van der Waals surface area contributed by atoms with E-state index in [0.717, 1.165) is 11.3 Å². The molecule has 2 aliphatic heterocycles. The summed E-state index contributed by atoms with van der Waals surface area (Å²) in [5.41, 5.74) is 0.178. The molecule has 1 saturated heterocycles. The predicted octanol–water partition coefficient (Wildman–Crippen LogP) is 0.998. The number of hydrogen-bond donors (Lipinski definition) is 1. The van der Waals surface area contributed by atoms with Crippen LogP contribution >= 0.6 is 11.8 Å². The molecule has 1 amide bonds. The number of thioether (sulfide) groups is 1. The van der Waals surface area contributed by atoms with E-state index in [-0.39, 0.29) is 17.0 Å². The fourth-order valence-corrected chi connectivity index (χ4v) is 2.99. The lowest BCUT2D eigenvalue weighted by molar-refractivity contribution is -0.138. The Morgan fingerprint density at radius 2 is 2.38 bits per heavy atom. The molecule has 0 spiro atoms. The van der Waals surface area contributed by atoms with Crippen molar-refractivity contribution in [2.75, 3.05) is 0 Å². The first-order valence-corrected chi connectivity index (χ1v) is 4.92. The second-order valence-electron chi connectivity index (χ2n) is 3.08. The van der Waals surface area contributed by atoms with Gasteiger partial charge < -0.3 is 5.11 Å². The van der Waals surface area contributed by atoms with Gasteiger partial charge in [-0.3, -0.25) is 9.69 Å². The lowest BCUT2D eigenvalue weighted by Gasteiger charge is -2.15. The van der Waals surface area contributed by atoms with Crippen LogP contribution in [0.2, 0.25) is 0 Å². The summed E-state index contributed by atoms with van der Waals surface area (Å²) < 4.78 is 0. The van der Waals surface area contributed by atoms with Gasteiger partial charge in [-0.2, -0.15) is 0 Å². The van der Waals surface area contributed by atoms with Crippen LogP contribution in [0, 0.1) is 0 Å². The highest BCUT2D eigenvalue weighted by Crippen LogP contribution is 2.43. The summed E-state index contributed by atoms with van der Waals surface area (Å²) >= 11 is 1.48. The third-order valence-electron chi connectivity index (χ3n) is 2.25. The number of aliphatic carboxylic acids is 1. The van der Waals surface area contributed by atoms with E-state index in [1.807, 2.05) is 0 Å². The monoisotopic (exact) mass is 199 g/mol. The first-order valence-electron chi connectivity index (χ1n) is 4.04. The number of hydrogen-bond acceptors (Lipinski definition) is 3. The molecule has 2 aliphatic rings. The number of carboxylic acid groups (broad SMARTS) is 1. The highest BCUT2D eigenvalue weighted by molar-refractivity contribution is 8.03. The van der Waals surface area contributed by atoms with Crippen LogP contribution < -0.4 is 0 Å². The molecule has 0 bridgehead atoms. The second-order valence-corrected chi connectivity index (χ2v) is 4.48. The maximum atomic E-state index is 11.3. The Balaban J connectivity index is 2.38. The van der Waals surface area contributed by atoms with E-state index in [4.69, 9.17) is 5.11 Å². The van der Waals surface area contributed by atoms with Gasteiger partial charge in [-0.25, -0.2) is 4.79 Å². The molecule has 1 unspecified atom stereocenters. The lowest BCUT2D eigenvalue weighted by atomic mass is 10.3. The minimum absolute atomic E-state index is 0.0404. The minimum atomic E-state index is -0.997. The standard InChI is InChI=1S/C8H9NO3S/c1-4-7(8(11)12)9-5(10)2-3-6(9)13-4/h6H,2-3H2,1H3,(H,11,12). The van der Waals surface area contributed by atoms with Gasteiger partial charge >= 0.3 is 5.97 Å². The van der Waals surface area contributed by atoms with Gasteiger partial charge in [0.25, 0.3) is 0 Å². The molecule has 2 rings (SSSR count). The van der Waals surface area contributed by atoms with E-state index >= 15 is 0 Å².